The van der Waals surface area contributed by atoms with E-state index in [9.17, 15) is 5.11 Å². The Morgan fingerprint density at radius 1 is 1.50 bits per heavy atom. The molecule has 5 nitrogen and oxygen atoms in total. The lowest BCUT2D eigenvalue weighted by molar-refractivity contribution is 0.277. The zero-order chi connectivity index (χ0) is 11.5. The molecule has 0 radical (unpaired) electrons. The molecular formula is C9H9ClN4OS. The molecule has 1 N–H and O–H groups in total. The molecule has 2 heterocycles. The van der Waals surface area contributed by atoms with Gasteiger partial charge in [0, 0.05) is 18.8 Å². The Morgan fingerprint density at radius 3 is 2.94 bits per heavy atom. The topological polar surface area (TPSA) is 63.8 Å². The average Bonchev–Trinajstić information content (AvgIpc) is 2.64. The third-order valence-electron chi connectivity index (χ3n) is 1.91. The summed E-state index contributed by atoms with van der Waals surface area (Å²) in [6.45, 7) is -0.178. The quantitative estimate of drug-likeness (QED) is 0.844. The van der Waals surface area contributed by atoms with Gasteiger partial charge < -0.3 is 5.11 Å². The molecule has 16 heavy (non-hydrogen) atoms. The second-order valence-corrected chi connectivity index (χ2v) is 4.48. The third kappa shape index (κ3) is 2.34. The van der Waals surface area contributed by atoms with Gasteiger partial charge in [0.1, 0.15) is 16.5 Å². The van der Waals surface area contributed by atoms with E-state index in [1.165, 1.54) is 18.1 Å². The van der Waals surface area contributed by atoms with E-state index >= 15 is 0 Å². The molecule has 0 aliphatic heterocycles. The van der Waals surface area contributed by atoms with Gasteiger partial charge >= 0.3 is 0 Å². The molecule has 84 valence electrons. The highest BCUT2D eigenvalue weighted by Crippen LogP contribution is 2.30. The zero-order valence-electron chi connectivity index (χ0n) is 8.46. The maximum Gasteiger partial charge on any atom is 0.139 e. The number of aliphatic hydroxyl groups excluding tert-OH is 1. The molecule has 2 aromatic rings. The smallest absolute Gasteiger partial charge is 0.139 e. The fourth-order valence-corrected chi connectivity index (χ4v) is 2.32. The summed E-state index contributed by atoms with van der Waals surface area (Å²) in [6, 6.07) is 0. The van der Waals surface area contributed by atoms with Crippen molar-refractivity contribution in [1.29, 1.82) is 0 Å². The SMILES string of the molecule is Cn1cc(Sc2ncnc(Cl)c2CO)cn1. The molecule has 0 aromatic carbocycles. The van der Waals surface area contributed by atoms with E-state index in [0.717, 1.165) is 4.90 Å². The Morgan fingerprint density at radius 2 is 2.31 bits per heavy atom. The van der Waals surface area contributed by atoms with Crippen LogP contribution in [0.5, 0.6) is 0 Å². The number of aliphatic hydroxyl groups is 1. The van der Waals surface area contributed by atoms with Crippen molar-refractivity contribution < 1.29 is 5.11 Å². The first-order valence-corrected chi connectivity index (χ1v) is 5.67. The highest BCUT2D eigenvalue weighted by Gasteiger charge is 2.10. The molecule has 0 saturated carbocycles. The fourth-order valence-electron chi connectivity index (χ4n) is 1.16. The van der Waals surface area contributed by atoms with Crippen molar-refractivity contribution in [3.05, 3.63) is 29.4 Å². The van der Waals surface area contributed by atoms with Crippen molar-refractivity contribution in [2.75, 3.05) is 0 Å². The standard InChI is InChI=1S/C9H9ClN4OS/c1-14-3-6(2-13-14)16-9-7(4-15)8(10)11-5-12-9/h2-3,5,15H,4H2,1H3. The monoisotopic (exact) mass is 256 g/mol. The predicted octanol–water partition coefficient (Wildman–Crippen LogP) is 1.51. The van der Waals surface area contributed by atoms with Gasteiger partial charge in [-0.2, -0.15) is 5.10 Å². The van der Waals surface area contributed by atoms with Gasteiger partial charge in [0.15, 0.2) is 0 Å². The molecule has 0 fully saturated rings. The summed E-state index contributed by atoms with van der Waals surface area (Å²) in [4.78, 5) is 8.84. The van der Waals surface area contributed by atoms with Crippen LogP contribution < -0.4 is 0 Å². The molecule has 0 atom stereocenters. The molecule has 0 unspecified atom stereocenters. The molecule has 0 saturated heterocycles. The Hall–Kier alpha value is -1.11. The Labute approximate surface area is 101 Å². The van der Waals surface area contributed by atoms with E-state index in [1.807, 2.05) is 13.2 Å². The summed E-state index contributed by atoms with van der Waals surface area (Å²) in [7, 11) is 1.84. The van der Waals surface area contributed by atoms with Crippen LogP contribution in [0.3, 0.4) is 0 Å². The number of rotatable bonds is 3. The van der Waals surface area contributed by atoms with E-state index < -0.39 is 0 Å². The van der Waals surface area contributed by atoms with Crippen LogP contribution in [0.1, 0.15) is 5.56 Å². The minimum atomic E-state index is -0.178. The van der Waals surface area contributed by atoms with Crippen molar-refractivity contribution in [2.45, 2.75) is 16.5 Å². The van der Waals surface area contributed by atoms with Gasteiger partial charge in [0.05, 0.1) is 17.7 Å². The number of halogens is 1. The van der Waals surface area contributed by atoms with Crippen molar-refractivity contribution in [2.24, 2.45) is 7.05 Å². The maximum atomic E-state index is 9.18. The maximum absolute atomic E-state index is 9.18. The van der Waals surface area contributed by atoms with E-state index in [-0.39, 0.29) is 11.8 Å². The van der Waals surface area contributed by atoms with Gasteiger partial charge in [-0.15, -0.1) is 0 Å². The van der Waals surface area contributed by atoms with Crippen LogP contribution in [0.2, 0.25) is 5.15 Å². The van der Waals surface area contributed by atoms with Crippen LogP contribution in [0.4, 0.5) is 0 Å². The van der Waals surface area contributed by atoms with Crippen LogP contribution in [0.15, 0.2) is 28.6 Å². The first-order valence-electron chi connectivity index (χ1n) is 4.47. The lowest BCUT2D eigenvalue weighted by atomic mass is 10.4. The minimum absolute atomic E-state index is 0.178. The average molecular weight is 257 g/mol. The summed E-state index contributed by atoms with van der Waals surface area (Å²) in [5.41, 5.74) is 0.540. The second kappa shape index (κ2) is 4.82. The van der Waals surface area contributed by atoms with Crippen molar-refractivity contribution in [3.63, 3.8) is 0 Å². The Balaban J connectivity index is 2.30. The zero-order valence-corrected chi connectivity index (χ0v) is 10.0. The van der Waals surface area contributed by atoms with Crippen LogP contribution in [-0.2, 0) is 13.7 Å². The summed E-state index contributed by atoms with van der Waals surface area (Å²) < 4.78 is 1.70. The Kier molecular flexibility index (Phi) is 3.42. The molecule has 2 rings (SSSR count). The number of hydrogen-bond acceptors (Lipinski definition) is 5. The molecule has 2 aromatic heterocycles. The van der Waals surface area contributed by atoms with Crippen LogP contribution in [0, 0.1) is 0 Å². The summed E-state index contributed by atoms with van der Waals surface area (Å²) in [5, 5.41) is 14.2. The second-order valence-electron chi connectivity index (χ2n) is 3.06. The predicted molar refractivity (Wildman–Crippen MR) is 60.3 cm³/mol. The normalized spacial score (nSPS) is 10.7. The van der Waals surface area contributed by atoms with E-state index in [2.05, 4.69) is 15.1 Å². The van der Waals surface area contributed by atoms with Crippen LogP contribution in [0.25, 0.3) is 0 Å². The summed E-state index contributed by atoms with van der Waals surface area (Å²) in [5.74, 6) is 0. The van der Waals surface area contributed by atoms with Crippen LogP contribution in [-0.4, -0.2) is 24.9 Å². The molecule has 0 spiro atoms. The fraction of sp³-hybridized carbons (Fsp3) is 0.222. The van der Waals surface area contributed by atoms with Gasteiger partial charge in [0.2, 0.25) is 0 Å². The molecule has 0 amide bonds. The molecular weight excluding hydrogens is 248 g/mol. The third-order valence-corrected chi connectivity index (χ3v) is 3.22. The van der Waals surface area contributed by atoms with Gasteiger partial charge in [-0.05, 0) is 0 Å². The van der Waals surface area contributed by atoms with Crippen molar-refractivity contribution in [1.82, 2.24) is 19.7 Å². The number of aryl methyl sites for hydroxylation is 1. The summed E-state index contributed by atoms with van der Waals surface area (Å²) in [6.07, 6.45) is 4.96. The highest BCUT2D eigenvalue weighted by molar-refractivity contribution is 7.99. The van der Waals surface area contributed by atoms with Crippen molar-refractivity contribution in [3.8, 4) is 0 Å². The lowest BCUT2D eigenvalue weighted by Crippen LogP contribution is -1.94. The van der Waals surface area contributed by atoms with Gasteiger partial charge in [-0.3, -0.25) is 4.68 Å². The van der Waals surface area contributed by atoms with Gasteiger partial charge in [-0.1, -0.05) is 23.4 Å². The first-order chi connectivity index (χ1) is 7.70. The van der Waals surface area contributed by atoms with Crippen molar-refractivity contribution >= 4 is 23.4 Å². The number of nitrogens with zero attached hydrogens (tertiary/aromatic N) is 4. The summed E-state index contributed by atoms with van der Waals surface area (Å²) >= 11 is 7.25. The highest BCUT2D eigenvalue weighted by atomic mass is 35.5. The van der Waals surface area contributed by atoms with E-state index in [4.69, 9.17) is 11.6 Å². The first kappa shape index (κ1) is 11.4. The number of aromatic nitrogens is 4. The number of hydrogen-bond donors (Lipinski definition) is 1. The van der Waals surface area contributed by atoms with Gasteiger partial charge in [0.25, 0.3) is 0 Å². The largest absolute Gasteiger partial charge is 0.391 e. The molecule has 0 aliphatic rings. The molecule has 7 heteroatoms. The molecule has 0 aliphatic carbocycles. The Bertz CT molecular complexity index is 502. The minimum Gasteiger partial charge on any atom is -0.391 e. The van der Waals surface area contributed by atoms with Gasteiger partial charge in [-0.25, -0.2) is 9.97 Å². The van der Waals surface area contributed by atoms with E-state index in [1.54, 1.807) is 10.9 Å². The lowest BCUT2D eigenvalue weighted by Gasteiger charge is -2.04. The van der Waals surface area contributed by atoms with E-state index in [0.29, 0.717) is 10.6 Å². The van der Waals surface area contributed by atoms with Crippen LogP contribution >= 0.6 is 23.4 Å². The molecule has 0 bridgehead atoms.